The van der Waals surface area contributed by atoms with Crippen LogP contribution < -0.4 is 15.6 Å². The monoisotopic (exact) mass is 492 g/mol. The average Bonchev–Trinajstić information content (AvgIpc) is 2.71. The van der Waals surface area contributed by atoms with E-state index in [1.165, 1.54) is 13.0 Å². The van der Waals surface area contributed by atoms with Crippen LogP contribution >= 0.6 is 0 Å². The number of hydrogen-bond acceptors (Lipinski definition) is 7. The van der Waals surface area contributed by atoms with Gasteiger partial charge in [-0.2, -0.15) is 18.4 Å². The van der Waals surface area contributed by atoms with Gasteiger partial charge in [-0.15, -0.1) is 0 Å². The lowest BCUT2D eigenvalue weighted by atomic mass is 10.1. The van der Waals surface area contributed by atoms with Gasteiger partial charge in [0.2, 0.25) is 10.0 Å². The second-order valence-electron chi connectivity index (χ2n) is 6.47. The molecule has 0 bridgehead atoms. The molecule has 0 radical (unpaired) electrons. The third kappa shape index (κ3) is 4.81. The number of aromatic nitrogens is 2. The molecule has 2 rings (SSSR count). The summed E-state index contributed by atoms with van der Waals surface area (Å²) in [6, 6.07) is 2.55. The molecule has 0 saturated carbocycles. The van der Waals surface area contributed by atoms with E-state index in [0.717, 1.165) is 7.11 Å². The number of ether oxygens (including phenoxy) is 1. The van der Waals surface area contributed by atoms with Crippen LogP contribution in [-0.2, 0) is 32.8 Å². The number of benzene rings is 1. The van der Waals surface area contributed by atoms with Crippen molar-refractivity contribution in [3.8, 4) is 11.8 Å². The number of anilines is 1. The number of carbonyl (C=O) groups excluding carboxylic acids is 1. The molecule has 2 aromatic rings. The summed E-state index contributed by atoms with van der Waals surface area (Å²) >= 11 is 0. The van der Waals surface area contributed by atoms with Crippen molar-refractivity contribution in [3.05, 3.63) is 56.1 Å². The van der Waals surface area contributed by atoms with Crippen LogP contribution in [0.3, 0.4) is 0 Å². The SMILES string of the molecule is CCS(=O)(=O)N(C(=O)COC)c1cc(-n2c(=O)cc(C(F)(F)F)n(C)c2=O)c(F)cc1C#N. The molecule has 0 aliphatic rings. The first-order chi connectivity index (χ1) is 15.2. The largest absolute Gasteiger partial charge is 0.431 e. The highest BCUT2D eigenvalue weighted by Crippen LogP contribution is 2.29. The summed E-state index contributed by atoms with van der Waals surface area (Å²) in [5.41, 5.74) is -7.12. The maximum absolute atomic E-state index is 14.8. The van der Waals surface area contributed by atoms with Gasteiger partial charge in [-0.3, -0.25) is 14.2 Å². The summed E-state index contributed by atoms with van der Waals surface area (Å²) < 4.78 is 84.0. The topological polar surface area (TPSA) is 131 Å². The number of rotatable bonds is 6. The molecule has 0 atom stereocenters. The third-order valence-corrected chi connectivity index (χ3v) is 6.08. The van der Waals surface area contributed by atoms with Crippen LogP contribution in [0.5, 0.6) is 0 Å². The Balaban J connectivity index is 2.96. The Hall–Kier alpha value is -3.51. The Morgan fingerprint density at radius 1 is 1.24 bits per heavy atom. The molecular weight excluding hydrogens is 476 g/mol. The van der Waals surface area contributed by atoms with E-state index in [2.05, 4.69) is 4.74 Å². The lowest BCUT2D eigenvalue weighted by Crippen LogP contribution is -2.42. The third-order valence-electron chi connectivity index (χ3n) is 4.39. The molecule has 1 aromatic heterocycles. The van der Waals surface area contributed by atoms with Crippen molar-refractivity contribution in [1.29, 1.82) is 5.26 Å². The molecule has 15 heteroatoms. The molecule has 0 spiro atoms. The minimum Gasteiger partial charge on any atom is -0.375 e. The van der Waals surface area contributed by atoms with Crippen LogP contribution in [0, 0.1) is 17.1 Å². The predicted octanol–water partition coefficient (Wildman–Crippen LogP) is 0.895. The van der Waals surface area contributed by atoms with Gasteiger partial charge < -0.3 is 4.74 Å². The number of nitrogens with zero attached hydrogens (tertiary/aromatic N) is 4. The lowest BCUT2D eigenvalue weighted by Gasteiger charge is -2.23. The smallest absolute Gasteiger partial charge is 0.375 e. The molecule has 1 amide bonds. The Bertz CT molecular complexity index is 1370. The highest BCUT2D eigenvalue weighted by atomic mass is 32.2. The van der Waals surface area contributed by atoms with E-state index in [1.807, 2.05) is 0 Å². The van der Waals surface area contributed by atoms with Crippen LogP contribution in [0.15, 0.2) is 27.8 Å². The molecule has 1 heterocycles. The second kappa shape index (κ2) is 9.16. The molecule has 0 N–H and O–H groups in total. The first-order valence-corrected chi connectivity index (χ1v) is 10.5. The zero-order valence-electron chi connectivity index (χ0n) is 17.3. The van der Waals surface area contributed by atoms with Gasteiger partial charge in [0.05, 0.1) is 22.7 Å². The number of hydrogen-bond donors (Lipinski definition) is 0. The van der Waals surface area contributed by atoms with Gasteiger partial charge in [-0.05, 0) is 19.1 Å². The standard InChI is InChI=1S/C18H16F4N4O6S/c1-4-33(30,31)26(16(28)9-32-3)12-6-13(11(19)5-10(12)8-23)25-15(27)7-14(18(20,21)22)24(2)17(25)29/h5-7H,4,9H2,1-3H3. The zero-order valence-corrected chi connectivity index (χ0v) is 18.1. The number of carbonyl (C=O) groups is 1. The normalized spacial score (nSPS) is 11.8. The summed E-state index contributed by atoms with van der Waals surface area (Å²) in [5, 5.41) is 9.34. The minimum atomic E-state index is -5.07. The summed E-state index contributed by atoms with van der Waals surface area (Å²) in [4.78, 5) is 37.3. The predicted molar refractivity (Wildman–Crippen MR) is 106 cm³/mol. The van der Waals surface area contributed by atoms with E-state index in [0.29, 0.717) is 19.2 Å². The summed E-state index contributed by atoms with van der Waals surface area (Å²) in [7, 11) is -2.64. The number of sulfonamides is 1. The van der Waals surface area contributed by atoms with Crippen LogP contribution in [0.1, 0.15) is 18.2 Å². The van der Waals surface area contributed by atoms with Gasteiger partial charge in [0, 0.05) is 20.2 Å². The molecule has 10 nitrogen and oxygen atoms in total. The number of nitriles is 1. The number of methoxy groups -OCH3 is 1. The quantitative estimate of drug-likeness (QED) is 0.548. The van der Waals surface area contributed by atoms with Crippen molar-refractivity contribution in [2.45, 2.75) is 13.1 Å². The van der Waals surface area contributed by atoms with E-state index in [9.17, 15) is 45.6 Å². The fourth-order valence-corrected chi connectivity index (χ4v) is 3.92. The van der Waals surface area contributed by atoms with Crippen LogP contribution in [0.4, 0.5) is 23.2 Å². The van der Waals surface area contributed by atoms with Gasteiger partial charge in [0.15, 0.2) is 0 Å². The molecule has 0 aliphatic carbocycles. The van der Waals surface area contributed by atoms with Gasteiger partial charge in [0.1, 0.15) is 24.2 Å². The number of amides is 1. The molecule has 0 aliphatic heterocycles. The summed E-state index contributed by atoms with van der Waals surface area (Å²) in [6.07, 6.45) is -5.07. The Morgan fingerprint density at radius 3 is 2.33 bits per heavy atom. The number of halogens is 4. The van der Waals surface area contributed by atoms with Crippen molar-refractivity contribution in [2.75, 3.05) is 23.8 Å². The highest BCUT2D eigenvalue weighted by molar-refractivity contribution is 7.93. The van der Waals surface area contributed by atoms with E-state index in [1.54, 1.807) is 0 Å². The maximum Gasteiger partial charge on any atom is 0.431 e. The second-order valence-corrected chi connectivity index (χ2v) is 8.57. The Kier molecular flexibility index (Phi) is 7.14. The van der Waals surface area contributed by atoms with E-state index >= 15 is 0 Å². The minimum absolute atomic E-state index is 0.0206. The first-order valence-electron chi connectivity index (χ1n) is 8.90. The van der Waals surface area contributed by atoms with Crippen molar-refractivity contribution >= 4 is 21.6 Å². The van der Waals surface area contributed by atoms with Crippen LogP contribution in [0.25, 0.3) is 5.69 Å². The van der Waals surface area contributed by atoms with Crippen LogP contribution in [0.2, 0.25) is 0 Å². The van der Waals surface area contributed by atoms with E-state index < -0.39 is 74.2 Å². The highest BCUT2D eigenvalue weighted by Gasteiger charge is 2.36. The van der Waals surface area contributed by atoms with E-state index in [-0.39, 0.29) is 19.5 Å². The average molecular weight is 492 g/mol. The fourth-order valence-electron chi connectivity index (χ4n) is 2.85. The lowest BCUT2D eigenvalue weighted by molar-refractivity contribution is -0.144. The Morgan fingerprint density at radius 2 is 1.85 bits per heavy atom. The van der Waals surface area contributed by atoms with Gasteiger partial charge >= 0.3 is 11.9 Å². The summed E-state index contributed by atoms with van der Waals surface area (Å²) in [6.45, 7) is 0.411. The van der Waals surface area contributed by atoms with Crippen LogP contribution in [-0.4, -0.2) is 42.9 Å². The first kappa shape index (κ1) is 25.7. The van der Waals surface area contributed by atoms with Gasteiger partial charge in [0.25, 0.3) is 11.5 Å². The van der Waals surface area contributed by atoms with Gasteiger partial charge in [-0.1, -0.05) is 0 Å². The summed E-state index contributed by atoms with van der Waals surface area (Å²) in [5.74, 6) is -3.22. The maximum atomic E-state index is 14.8. The molecule has 0 unspecified atom stereocenters. The molecule has 33 heavy (non-hydrogen) atoms. The molecule has 0 fully saturated rings. The molecular formula is C18H16F4N4O6S. The van der Waals surface area contributed by atoms with Crippen molar-refractivity contribution in [2.24, 2.45) is 7.05 Å². The fraction of sp³-hybridized carbons (Fsp3) is 0.333. The Labute approximate surface area is 183 Å². The van der Waals surface area contributed by atoms with E-state index in [4.69, 9.17) is 0 Å². The zero-order chi connectivity index (χ0) is 25.3. The number of alkyl halides is 3. The van der Waals surface area contributed by atoms with Gasteiger partial charge in [-0.25, -0.2) is 26.5 Å². The molecule has 0 saturated heterocycles. The van der Waals surface area contributed by atoms with Crippen molar-refractivity contribution in [1.82, 2.24) is 9.13 Å². The molecule has 1 aromatic carbocycles. The van der Waals surface area contributed by atoms with Crippen molar-refractivity contribution < 1.29 is 35.5 Å². The molecule has 178 valence electrons. The van der Waals surface area contributed by atoms with Crippen molar-refractivity contribution in [3.63, 3.8) is 0 Å².